The van der Waals surface area contributed by atoms with E-state index in [1.807, 2.05) is 97.1 Å². The average molecular weight is 529 g/mol. The molecule has 0 aromatic heterocycles. The molecule has 1 fully saturated rings. The molecule has 0 bridgehead atoms. The first-order valence-corrected chi connectivity index (χ1v) is 13.7. The summed E-state index contributed by atoms with van der Waals surface area (Å²) in [6.07, 6.45) is 3.71. The Morgan fingerprint density at radius 1 is 0.475 bits per heavy atom. The van der Waals surface area contributed by atoms with Gasteiger partial charge in [-0.25, -0.2) is 0 Å². The lowest BCUT2D eigenvalue weighted by Crippen LogP contribution is -2.38. The van der Waals surface area contributed by atoms with Gasteiger partial charge in [0.15, 0.2) is 0 Å². The van der Waals surface area contributed by atoms with E-state index in [0.717, 1.165) is 36.8 Å². The average Bonchev–Trinajstić information content (AvgIpc) is 3.03. The third-order valence-electron chi connectivity index (χ3n) is 6.91. The molecule has 6 heteroatoms. The van der Waals surface area contributed by atoms with Crippen molar-refractivity contribution in [2.24, 2.45) is 9.98 Å². The van der Waals surface area contributed by atoms with Gasteiger partial charge in [0.1, 0.15) is 11.7 Å². The Labute approximate surface area is 234 Å². The summed E-state index contributed by atoms with van der Waals surface area (Å²) in [4.78, 5) is 36.4. The fourth-order valence-corrected chi connectivity index (χ4v) is 4.81. The molecule has 0 heterocycles. The van der Waals surface area contributed by atoms with Gasteiger partial charge < -0.3 is 10.6 Å². The van der Waals surface area contributed by atoms with Crippen LogP contribution in [0.5, 0.6) is 0 Å². The molecular weight excluding hydrogens is 496 g/mol. The maximum Gasteiger partial charge on any atom is 0.256 e. The number of nitrogens with one attached hydrogen (secondary N) is 2. The van der Waals surface area contributed by atoms with Crippen LogP contribution in [0.25, 0.3) is 0 Å². The number of aliphatic imine (C=N–C) groups is 2. The molecule has 1 saturated carbocycles. The third kappa shape index (κ3) is 6.97. The van der Waals surface area contributed by atoms with E-state index in [2.05, 4.69) is 10.6 Å². The van der Waals surface area contributed by atoms with Crippen molar-refractivity contribution in [2.45, 2.75) is 37.8 Å². The van der Waals surface area contributed by atoms with Crippen molar-refractivity contribution in [2.75, 3.05) is 0 Å². The fourth-order valence-electron chi connectivity index (χ4n) is 4.81. The first kappa shape index (κ1) is 26.8. The smallest absolute Gasteiger partial charge is 0.256 e. The van der Waals surface area contributed by atoms with Crippen LogP contribution >= 0.6 is 0 Å². The Morgan fingerprint density at radius 3 is 1.10 bits per heavy atom. The molecule has 0 unspecified atom stereocenters. The predicted molar refractivity (Wildman–Crippen MR) is 160 cm³/mol. The van der Waals surface area contributed by atoms with Gasteiger partial charge in [-0.2, -0.15) is 0 Å². The summed E-state index contributed by atoms with van der Waals surface area (Å²) >= 11 is 0. The van der Waals surface area contributed by atoms with Gasteiger partial charge >= 0.3 is 0 Å². The van der Waals surface area contributed by atoms with Crippen molar-refractivity contribution in [1.29, 1.82) is 0 Å². The van der Waals surface area contributed by atoms with Crippen LogP contribution in [0.4, 0.5) is 0 Å². The van der Waals surface area contributed by atoms with Crippen LogP contribution in [0.3, 0.4) is 0 Å². The van der Waals surface area contributed by atoms with E-state index in [1.54, 1.807) is 24.3 Å². The molecule has 0 spiro atoms. The normalized spacial score (nSPS) is 17.6. The molecule has 5 rings (SSSR count). The summed E-state index contributed by atoms with van der Waals surface area (Å²) in [5, 5.41) is 6.10. The van der Waals surface area contributed by atoms with Crippen LogP contribution in [-0.2, 0) is 0 Å². The van der Waals surface area contributed by atoms with Crippen LogP contribution in [-0.4, -0.2) is 35.6 Å². The van der Waals surface area contributed by atoms with E-state index in [9.17, 15) is 9.59 Å². The lowest BCUT2D eigenvalue weighted by atomic mass is 9.91. The second kappa shape index (κ2) is 13.3. The molecule has 4 aromatic rings. The highest BCUT2D eigenvalue weighted by atomic mass is 16.2. The lowest BCUT2D eigenvalue weighted by Gasteiger charge is -2.28. The molecule has 6 nitrogen and oxygen atoms in total. The van der Waals surface area contributed by atoms with Gasteiger partial charge in [0.2, 0.25) is 0 Å². The zero-order chi connectivity index (χ0) is 27.6. The number of rotatable bonds is 6. The first-order valence-electron chi connectivity index (χ1n) is 13.7. The van der Waals surface area contributed by atoms with Crippen LogP contribution in [0, 0.1) is 0 Å². The minimum absolute atomic E-state index is 0.160. The van der Waals surface area contributed by atoms with E-state index < -0.39 is 0 Å². The number of amides is 2. The molecular formula is C34H32N4O2. The minimum atomic E-state index is -0.209. The van der Waals surface area contributed by atoms with Gasteiger partial charge in [-0.3, -0.25) is 19.6 Å². The van der Waals surface area contributed by atoms with E-state index in [0.29, 0.717) is 22.8 Å². The first-order chi connectivity index (χ1) is 19.7. The summed E-state index contributed by atoms with van der Waals surface area (Å²) in [6, 6.07) is 37.3. The van der Waals surface area contributed by atoms with E-state index in [-0.39, 0.29) is 23.9 Å². The summed E-state index contributed by atoms with van der Waals surface area (Å²) in [7, 11) is 0. The molecule has 0 aliphatic heterocycles. The van der Waals surface area contributed by atoms with Crippen molar-refractivity contribution in [3.63, 3.8) is 0 Å². The quantitative estimate of drug-likeness (QED) is 0.236. The molecule has 1 aliphatic carbocycles. The molecule has 2 amide bonds. The van der Waals surface area contributed by atoms with Crippen molar-refractivity contribution < 1.29 is 9.59 Å². The fraction of sp³-hybridized carbons (Fsp3) is 0.176. The van der Waals surface area contributed by atoms with Crippen molar-refractivity contribution in [3.05, 3.63) is 144 Å². The van der Waals surface area contributed by atoms with Gasteiger partial charge in [-0.15, -0.1) is 0 Å². The summed E-state index contributed by atoms with van der Waals surface area (Å²) in [5.41, 5.74) is 2.81. The number of benzene rings is 4. The Hall–Kier alpha value is -4.84. The summed E-state index contributed by atoms with van der Waals surface area (Å²) < 4.78 is 0. The van der Waals surface area contributed by atoms with E-state index in [1.165, 1.54) is 0 Å². The van der Waals surface area contributed by atoms with Gasteiger partial charge in [-0.05, 0) is 37.1 Å². The van der Waals surface area contributed by atoms with E-state index >= 15 is 0 Å². The van der Waals surface area contributed by atoms with Gasteiger partial charge in [-0.1, -0.05) is 110 Å². The van der Waals surface area contributed by atoms with Gasteiger partial charge in [0.25, 0.3) is 11.8 Å². The number of nitrogens with zero attached hydrogens (tertiary/aromatic N) is 2. The Bertz CT molecular complexity index is 1350. The molecule has 4 aromatic carbocycles. The van der Waals surface area contributed by atoms with Crippen molar-refractivity contribution in [3.8, 4) is 0 Å². The third-order valence-corrected chi connectivity index (χ3v) is 6.91. The topological polar surface area (TPSA) is 82.9 Å². The van der Waals surface area contributed by atoms with Crippen LogP contribution in [0.1, 0.15) is 57.5 Å². The van der Waals surface area contributed by atoms with Gasteiger partial charge in [0.05, 0.1) is 12.1 Å². The highest BCUT2D eigenvalue weighted by Crippen LogP contribution is 2.25. The van der Waals surface area contributed by atoms with Crippen molar-refractivity contribution >= 4 is 23.5 Å². The molecule has 1 aliphatic rings. The highest BCUT2D eigenvalue weighted by Gasteiger charge is 2.27. The molecule has 0 saturated heterocycles. The standard InChI is InChI=1S/C34H32N4O2/c39-33(27-19-9-3-10-20-27)37-31(25-15-5-1-6-16-25)35-29-23-13-14-24-30(29)36-32(26-17-7-2-8-18-26)38-34(40)28-21-11-4-12-22-28/h1-12,15-22,29-30H,13-14,23-24H2,(H,35,37,39)(H,36,38,40)/t29-,30-/m0/s1. The number of hydrogen-bond donors (Lipinski definition) is 2. The molecule has 40 heavy (non-hydrogen) atoms. The Balaban J connectivity index is 1.48. The maximum atomic E-state index is 13.1. The monoisotopic (exact) mass is 528 g/mol. The number of amidine groups is 2. The van der Waals surface area contributed by atoms with Crippen molar-refractivity contribution in [1.82, 2.24) is 10.6 Å². The molecule has 200 valence electrons. The molecule has 0 radical (unpaired) electrons. The highest BCUT2D eigenvalue weighted by molar-refractivity contribution is 6.13. The van der Waals surface area contributed by atoms with Crippen LogP contribution in [0.2, 0.25) is 0 Å². The predicted octanol–water partition coefficient (Wildman–Crippen LogP) is 6.05. The SMILES string of the molecule is O=C(NC(=N[C@H]1CCCC[C@@H]1N=C(NC(=O)c1ccccc1)c1ccccc1)c1ccccc1)c1ccccc1. The number of carbonyl (C=O) groups excluding carboxylic acids is 2. The Kier molecular flexibility index (Phi) is 8.89. The molecule has 2 atom stereocenters. The second-order valence-electron chi connectivity index (χ2n) is 9.75. The molecule has 2 N–H and O–H groups in total. The zero-order valence-electron chi connectivity index (χ0n) is 22.2. The van der Waals surface area contributed by atoms with Crippen LogP contribution in [0.15, 0.2) is 131 Å². The Morgan fingerprint density at radius 2 is 0.775 bits per heavy atom. The maximum absolute atomic E-state index is 13.1. The largest absolute Gasteiger partial charge is 0.306 e. The van der Waals surface area contributed by atoms with E-state index in [4.69, 9.17) is 9.98 Å². The summed E-state index contributed by atoms with van der Waals surface area (Å²) in [5.74, 6) is 0.630. The van der Waals surface area contributed by atoms with Crippen LogP contribution < -0.4 is 10.6 Å². The lowest BCUT2D eigenvalue weighted by molar-refractivity contribution is 0.0968. The summed E-state index contributed by atoms with van der Waals surface area (Å²) in [6.45, 7) is 0. The number of carbonyl (C=O) groups is 2. The number of hydrogen-bond acceptors (Lipinski definition) is 4. The van der Waals surface area contributed by atoms with Gasteiger partial charge in [0, 0.05) is 22.3 Å². The zero-order valence-corrected chi connectivity index (χ0v) is 22.2. The minimum Gasteiger partial charge on any atom is -0.306 e. The second-order valence-corrected chi connectivity index (χ2v) is 9.75.